The molecule has 2 aromatic rings. The third kappa shape index (κ3) is 2.63. The van der Waals surface area contributed by atoms with Gasteiger partial charge in [0.15, 0.2) is 0 Å². The molecule has 1 heterocycles. The number of hydrogen-bond donors (Lipinski definition) is 0. The lowest BCUT2D eigenvalue weighted by molar-refractivity contribution is 1.39. The van der Waals surface area contributed by atoms with E-state index in [9.17, 15) is 0 Å². The fourth-order valence-electron chi connectivity index (χ4n) is 2.02. The van der Waals surface area contributed by atoms with E-state index in [-0.39, 0.29) is 0 Å². The molecule has 0 atom stereocenters. The second-order valence-corrected chi connectivity index (χ2v) is 10.7. The average Bonchev–Trinajstić information content (AvgIpc) is 2.70. The summed E-state index contributed by atoms with van der Waals surface area (Å²) in [6.07, 6.45) is 0. The molecule has 1 aromatic carbocycles. The maximum Gasteiger partial charge on any atom is 0.0857 e. The number of rotatable bonds is 3. The zero-order valence-corrected chi connectivity index (χ0v) is 12.0. The summed E-state index contributed by atoms with van der Waals surface area (Å²) in [5.74, 6) is 0. The van der Waals surface area contributed by atoms with Crippen molar-refractivity contribution in [3.63, 3.8) is 0 Å². The molecule has 0 amide bonds. The molecule has 84 valence electrons. The normalized spacial score (nSPS) is 11.7. The SMILES string of the molecule is Cc1cccc([Si](C)(C)Cc2cccs2)c1. The van der Waals surface area contributed by atoms with Crippen LogP contribution in [0, 0.1) is 6.92 Å². The smallest absolute Gasteiger partial charge is 0.0857 e. The van der Waals surface area contributed by atoms with Crippen LogP contribution in [0.1, 0.15) is 10.4 Å². The van der Waals surface area contributed by atoms with Crippen molar-refractivity contribution in [3.8, 4) is 0 Å². The highest BCUT2D eigenvalue weighted by Gasteiger charge is 2.24. The predicted molar refractivity (Wildman–Crippen MR) is 76.3 cm³/mol. The quantitative estimate of drug-likeness (QED) is 0.724. The standard InChI is InChI=1S/C14H18SSi/c1-12-6-4-8-14(10-12)16(2,3)11-13-7-5-9-15-13/h4-10H,11H2,1-3H3. The van der Waals surface area contributed by atoms with Crippen molar-refractivity contribution in [1.82, 2.24) is 0 Å². The summed E-state index contributed by atoms with van der Waals surface area (Å²) in [6.45, 7) is 7.10. The minimum Gasteiger partial charge on any atom is -0.149 e. The van der Waals surface area contributed by atoms with Gasteiger partial charge in [-0.2, -0.15) is 0 Å². The lowest BCUT2D eigenvalue weighted by Crippen LogP contribution is -2.43. The molecule has 0 spiro atoms. The van der Waals surface area contributed by atoms with Gasteiger partial charge in [-0.15, -0.1) is 11.3 Å². The van der Waals surface area contributed by atoms with Crippen LogP contribution in [-0.4, -0.2) is 8.07 Å². The Morgan fingerprint density at radius 2 is 1.94 bits per heavy atom. The molecular formula is C14H18SSi. The van der Waals surface area contributed by atoms with Crippen LogP contribution in [0.4, 0.5) is 0 Å². The molecule has 0 saturated heterocycles. The minimum atomic E-state index is -1.30. The van der Waals surface area contributed by atoms with Gasteiger partial charge >= 0.3 is 0 Å². The molecule has 0 radical (unpaired) electrons. The molecule has 1 aromatic heterocycles. The van der Waals surface area contributed by atoms with Gasteiger partial charge in [-0.1, -0.05) is 54.2 Å². The number of thiophene rings is 1. The molecule has 0 bridgehead atoms. The third-order valence-electron chi connectivity index (χ3n) is 3.00. The molecule has 16 heavy (non-hydrogen) atoms. The molecule has 0 unspecified atom stereocenters. The first-order valence-electron chi connectivity index (χ1n) is 5.67. The predicted octanol–water partition coefficient (Wildman–Crippen LogP) is 3.75. The Hall–Kier alpha value is -0.863. The van der Waals surface area contributed by atoms with Crippen LogP contribution < -0.4 is 5.19 Å². The van der Waals surface area contributed by atoms with Crippen LogP contribution in [0.2, 0.25) is 13.1 Å². The van der Waals surface area contributed by atoms with Crippen molar-refractivity contribution in [3.05, 3.63) is 52.2 Å². The summed E-state index contributed by atoms with van der Waals surface area (Å²) in [4.78, 5) is 1.53. The summed E-state index contributed by atoms with van der Waals surface area (Å²) >= 11 is 1.88. The van der Waals surface area contributed by atoms with E-state index in [1.807, 2.05) is 11.3 Å². The van der Waals surface area contributed by atoms with Crippen molar-refractivity contribution in [2.75, 3.05) is 0 Å². The van der Waals surface area contributed by atoms with Gasteiger partial charge in [-0.25, -0.2) is 0 Å². The fraction of sp³-hybridized carbons (Fsp3) is 0.286. The molecule has 2 rings (SSSR count). The first-order valence-corrected chi connectivity index (χ1v) is 9.76. The number of aryl methyl sites for hydroxylation is 1. The van der Waals surface area contributed by atoms with Gasteiger partial charge in [-0.05, 0) is 24.4 Å². The van der Waals surface area contributed by atoms with Gasteiger partial charge in [-0.3, -0.25) is 0 Å². The van der Waals surface area contributed by atoms with Gasteiger partial charge in [0, 0.05) is 4.88 Å². The number of hydrogen-bond acceptors (Lipinski definition) is 1. The molecule has 0 fully saturated rings. The second kappa shape index (κ2) is 4.56. The van der Waals surface area contributed by atoms with E-state index in [0.29, 0.717) is 0 Å². The first-order chi connectivity index (χ1) is 7.58. The molecule has 0 aliphatic rings. The van der Waals surface area contributed by atoms with Gasteiger partial charge < -0.3 is 0 Å². The van der Waals surface area contributed by atoms with Gasteiger partial charge in [0.2, 0.25) is 0 Å². The summed E-state index contributed by atoms with van der Waals surface area (Å²) in [7, 11) is -1.30. The van der Waals surface area contributed by atoms with Crippen molar-refractivity contribution in [2.24, 2.45) is 0 Å². The van der Waals surface area contributed by atoms with Crippen LogP contribution in [0.25, 0.3) is 0 Å². The third-order valence-corrected chi connectivity index (χ3v) is 7.27. The summed E-state index contributed by atoms with van der Waals surface area (Å²) in [5, 5.41) is 3.75. The van der Waals surface area contributed by atoms with Crippen LogP contribution in [0.3, 0.4) is 0 Å². The molecular weight excluding hydrogens is 228 g/mol. The van der Waals surface area contributed by atoms with E-state index in [2.05, 4.69) is 61.8 Å². The first kappa shape index (κ1) is 11.6. The topological polar surface area (TPSA) is 0 Å². The summed E-state index contributed by atoms with van der Waals surface area (Å²) < 4.78 is 0. The molecule has 0 saturated carbocycles. The highest BCUT2D eigenvalue weighted by atomic mass is 32.1. The monoisotopic (exact) mass is 246 g/mol. The van der Waals surface area contributed by atoms with Crippen LogP contribution in [-0.2, 0) is 6.04 Å². The minimum absolute atomic E-state index is 1.26. The molecule has 0 aliphatic heterocycles. The van der Waals surface area contributed by atoms with Gasteiger partial charge in [0.25, 0.3) is 0 Å². The van der Waals surface area contributed by atoms with Crippen LogP contribution in [0.15, 0.2) is 41.8 Å². The molecule has 0 nitrogen and oxygen atoms in total. The zero-order valence-electron chi connectivity index (χ0n) is 10.2. The summed E-state index contributed by atoms with van der Waals surface area (Å²) in [5.41, 5.74) is 1.38. The van der Waals surface area contributed by atoms with Gasteiger partial charge in [0.1, 0.15) is 0 Å². The van der Waals surface area contributed by atoms with E-state index < -0.39 is 8.07 Å². The van der Waals surface area contributed by atoms with E-state index in [1.54, 1.807) is 5.19 Å². The Labute approximate surface area is 103 Å². The lowest BCUT2D eigenvalue weighted by Gasteiger charge is -2.22. The van der Waals surface area contributed by atoms with E-state index in [4.69, 9.17) is 0 Å². The van der Waals surface area contributed by atoms with Crippen LogP contribution in [0.5, 0.6) is 0 Å². The summed E-state index contributed by atoms with van der Waals surface area (Å²) in [6, 6.07) is 14.7. The van der Waals surface area contributed by atoms with E-state index >= 15 is 0 Å². The lowest BCUT2D eigenvalue weighted by atomic mass is 10.2. The molecule has 2 heteroatoms. The second-order valence-electron chi connectivity index (χ2n) is 5.01. The Bertz CT molecular complexity index is 457. The zero-order chi connectivity index (χ0) is 11.6. The van der Waals surface area contributed by atoms with Crippen LogP contribution >= 0.6 is 11.3 Å². The van der Waals surface area contributed by atoms with Crippen molar-refractivity contribution < 1.29 is 0 Å². The van der Waals surface area contributed by atoms with Crippen molar-refractivity contribution in [1.29, 1.82) is 0 Å². The number of benzene rings is 1. The Morgan fingerprint density at radius 3 is 2.56 bits per heavy atom. The average molecular weight is 246 g/mol. The van der Waals surface area contributed by atoms with E-state index in [1.165, 1.54) is 16.5 Å². The fourth-order valence-corrected chi connectivity index (χ4v) is 6.28. The highest BCUT2D eigenvalue weighted by molar-refractivity contribution is 7.10. The maximum atomic E-state index is 2.46. The Morgan fingerprint density at radius 1 is 1.12 bits per heavy atom. The van der Waals surface area contributed by atoms with Gasteiger partial charge in [0.05, 0.1) is 8.07 Å². The molecule has 0 N–H and O–H groups in total. The molecule has 0 aliphatic carbocycles. The Kier molecular flexibility index (Phi) is 3.31. The van der Waals surface area contributed by atoms with Crippen molar-refractivity contribution >= 4 is 24.6 Å². The largest absolute Gasteiger partial charge is 0.149 e. The maximum absolute atomic E-state index is 2.46. The van der Waals surface area contributed by atoms with Crippen molar-refractivity contribution in [2.45, 2.75) is 26.1 Å². The Balaban J connectivity index is 2.24. The van der Waals surface area contributed by atoms with E-state index in [0.717, 1.165) is 0 Å². The highest BCUT2D eigenvalue weighted by Crippen LogP contribution is 2.17.